The second-order valence-corrected chi connectivity index (χ2v) is 4.70. The maximum Gasteiger partial charge on any atom is 0.313 e. The Labute approximate surface area is 98.0 Å². The normalized spacial score (nSPS) is 21.9. The van der Waals surface area contributed by atoms with Gasteiger partial charge in [0.2, 0.25) is 5.78 Å². The highest BCUT2D eigenvalue weighted by atomic mass is 19.3. The van der Waals surface area contributed by atoms with Gasteiger partial charge in [-0.3, -0.25) is 4.79 Å². The first-order valence-electron chi connectivity index (χ1n) is 5.86. The van der Waals surface area contributed by atoms with Crippen LogP contribution in [0.3, 0.4) is 0 Å². The van der Waals surface area contributed by atoms with Crippen molar-refractivity contribution in [3.05, 3.63) is 34.4 Å². The Morgan fingerprint density at radius 1 is 1.12 bits per heavy atom. The Morgan fingerprint density at radius 2 is 1.82 bits per heavy atom. The van der Waals surface area contributed by atoms with Crippen molar-refractivity contribution in [1.82, 2.24) is 5.32 Å². The van der Waals surface area contributed by atoms with E-state index in [2.05, 4.69) is 5.32 Å². The molecule has 1 aromatic carbocycles. The van der Waals surface area contributed by atoms with Crippen LogP contribution in [0.2, 0.25) is 0 Å². The number of carbonyl (C=O) groups is 1. The van der Waals surface area contributed by atoms with Crippen molar-refractivity contribution in [1.29, 1.82) is 0 Å². The predicted octanol–water partition coefficient (Wildman–Crippen LogP) is 1.75. The third kappa shape index (κ3) is 1.59. The van der Waals surface area contributed by atoms with Crippen LogP contribution in [0.5, 0.6) is 0 Å². The zero-order chi connectivity index (χ0) is 12.0. The van der Waals surface area contributed by atoms with Gasteiger partial charge in [-0.2, -0.15) is 8.78 Å². The number of halogens is 2. The number of Topliss-reactive ketones (excluding diaryl/α,β-unsaturated/α-hetero) is 1. The summed E-state index contributed by atoms with van der Waals surface area (Å²) >= 11 is 0. The van der Waals surface area contributed by atoms with Gasteiger partial charge in [-0.1, -0.05) is 12.1 Å². The predicted molar refractivity (Wildman–Crippen MR) is 59.7 cm³/mol. The fourth-order valence-electron chi connectivity index (χ4n) is 2.75. The van der Waals surface area contributed by atoms with Gasteiger partial charge in [-0.05, 0) is 42.6 Å². The first-order chi connectivity index (χ1) is 8.09. The molecule has 1 aliphatic carbocycles. The number of fused-ring (bicyclic) bond motifs is 3. The number of alkyl halides is 2. The van der Waals surface area contributed by atoms with E-state index in [0.717, 1.165) is 30.6 Å². The maximum atomic E-state index is 13.4. The van der Waals surface area contributed by atoms with Crippen molar-refractivity contribution in [2.75, 3.05) is 13.1 Å². The number of nitrogens with one attached hydrogen (secondary N) is 1. The highest BCUT2D eigenvalue weighted by Gasteiger charge is 2.48. The molecule has 0 spiro atoms. The van der Waals surface area contributed by atoms with E-state index in [0.29, 0.717) is 17.5 Å². The SMILES string of the molecule is O=C1c2c(ccc3c2CCNCC3)CC1(F)F. The van der Waals surface area contributed by atoms with Crippen LogP contribution in [0.25, 0.3) is 0 Å². The Bertz CT molecular complexity index is 496. The fourth-order valence-corrected chi connectivity index (χ4v) is 2.75. The highest BCUT2D eigenvalue weighted by molar-refractivity contribution is 6.07. The minimum Gasteiger partial charge on any atom is -0.316 e. The molecule has 0 atom stereocenters. The van der Waals surface area contributed by atoms with Crippen molar-refractivity contribution < 1.29 is 13.6 Å². The molecule has 90 valence electrons. The molecule has 0 radical (unpaired) electrons. The average molecular weight is 237 g/mol. The van der Waals surface area contributed by atoms with E-state index in [-0.39, 0.29) is 0 Å². The lowest BCUT2D eigenvalue weighted by Crippen LogP contribution is -2.24. The summed E-state index contributed by atoms with van der Waals surface area (Å²) in [6.45, 7) is 1.60. The van der Waals surface area contributed by atoms with Crippen LogP contribution < -0.4 is 5.32 Å². The Balaban J connectivity index is 2.16. The van der Waals surface area contributed by atoms with Crippen LogP contribution in [-0.2, 0) is 19.3 Å². The molecule has 0 amide bonds. The summed E-state index contributed by atoms with van der Waals surface area (Å²) in [6.07, 6.45) is 1.05. The minimum atomic E-state index is -3.20. The number of hydrogen-bond donors (Lipinski definition) is 1. The van der Waals surface area contributed by atoms with Crippen LogP contribution in [-0.4, -0.2) is 24.8 Å². The van der Waals surface area contributed by atoms with Gasteiger partial charge < -0.3 is 5.32 Å². The van der Waals surface area contributed by atoms with E-state index in [4.69, 9.17) is 0 Å². The molecule has 0 saturated heterocycles. The van der Waals surface area contributed by atoms with Gasteiger partial charge in [0.05, 0.1) is 0 Å². The monoisotopic (exact) mass is 237 g/mol. The van der Waals surface area contributed by atoms with E-state index in [1.807, 2.05) is 6.07 Å². The lowest BCUT2D eigenvalue weighted by atomic mass is 9.94. The number of ketones is 1. The molecule has 3 rings (SSSR count). The molecule has 0 bridgehead atoms. The van der Waals surface area contributed by atoms with Gasteiger partial charge >= 0.3 is 5.92 Å². The zero-order valence-corrected chi connectivity index (χ0v) is 9.35. The molecule has 0 saturated carbocycles. The molecular formula is C13H13F2NO. The van der Waals surface area contributed by atoms with Gasteiger partial charge in [-0.25, -0.2) is 0 Å². The lowest BCUT2D eigenvalue weighted by Gasteiger charge is -2.10. The second-order valence-electron chi connectivity index (χ2n) is 4.70. The third-order valence-electron chi connectivity index (χ3n) is 3.59. The molecule has 17 heavy (non-hydrogen) atoms. The van der Waals surface area contributed by atoms with Crippen molar-refractivity contribution in [3.63, 3.8) is 0 Å². The van der Waals surface area contributed by atoms with Gasteiger partial charge in [0.25, 0.3) is 0 Å². The molecule has 2 aliphatic rings. The molecule has 1 aromatic rings. The summed E-state index contributed by atoms with van der Waals surface area (Å²) < 4.78 is 26.9. The zero-order valence-electron chi connectivity index (χ0n) is 9.35. The van der Waals surface area contributed by atoms with Crippen molar-refractivity contribution in [2.45, 2.75) is 25.2 Å². The number of carbonyl (C=O) groups excluding carboxylic acids is 1. The van der Waals surface area contributed by atoms with Crippen LogP contribution in [0.15, 0.2) is 12.1 Å². The lowest BCUT2D eigenvalue weighted by molar-refractivity contribution is 0.0167. The number of hydrogen-bond acceptors (Lipinski definition) is 2. The van der Waals surface area contributed by atoms with Gasteiger partial charge in [0, 0.05) is 12.0 Å². The first kappa shape index (κ1) is 10.8. The molecule has 0 aromatic heterocycles. The Kier molecular flexibility index (Phi) is 2.30. The first-order valence-corrected chi connectivity index (χ1v) is 5.86. The molecule has 1 N–H and O–H groups in total. The standard InChI is InChI=1S/C13H13F2NO/c14-13(15)7-9-2-1-8-3-5-16-6-4-10(8)11(9)12(13)17/h1-2,16H,3-7H2. The quantitative estimate of drug-likeness (QED) is 0.744. The summed E-state index contributed by atoms with van der Waals surface area (Å²) in [6, 6.07) is 3.59. The summed E-state index contributed by atoms with van der Waals surface area (Å²) in [5.74, 6) is -4.18. The summed E-state index contributed by atoms with van der Waals surface area (Å²) in [5, 5.41) is 3.22. The van der Waals surface area contributed by atoms with Crippen LogP contribution >= 0.6 is 0 Å². The van der Waals surface area contributed by atoms with E-state index >= 15 is 0 Å². The minimum absolute atomic E-state index is 0.302. The Morgan fingerprint density at radius 3 is 2.65 bits per heavy atom. The fraction of sp³-hybridized carbons (Fsp3) is 0.462. The highest BCUT2D eigenvalue weighted by Crippen LogP contribution is 2.37. The Hall–Kier alpha value is -1.29. The van der Waals surface area contributed by atoms with Gasteiger partial charge in [0.15, 0.2) is 0 Å². The van der Waals surface area contributed by atoms with Crippen LogP contribution in [0.1, 0.15) is 27.0 Å². The summed E-state index contributed by atoms with van der Waals surface area (Å²) in [5.41, 5.74) is 2.70. The van der Waals surface area contributed by atoms with E-state index in [1.165, 1.54) is 0 Å². The molecule has 0 unspecified atom stereocenters. The summed E-state index contributed by atoms with van der Waals surface area (Å²) in [4.78, 5) is 11.7. The number of benzene rings is 1. The maximum absolute atomic E-state index is 13.4. The average Bonchev–Trinajstić information content (AvgIpc) is 2.46. The molecule has 4 heteroatoms. The van der Waals surface area contributed by atoms with Crippen molar-refractivity contribution in [3.8, 4) is 0 Å². The molecule has 0 fully saturated rings. The molecule has 1 aliphatic heterocycles. The van der Waals surface area contributed by atoms with Gasteiger partial charge in [-0.15, -0.1) is 0 Å². The van der Waals surface area contributed by atoms with E-state index < -0.39 is 18.1 Å². The molecule has 1 heterocycles. The topological polar surface area (TPSA) is 29.1 Å². The summed E-state index contributed by atoms with van der Waals surface area (Å²) in [7, 11) is 0. The van der Waals surface area contributed by atoms with E-state index in [1.54, 1.807) is 6.07 Å². The molecule has 2 nitrogen and oxygen atoms in total. The van der Waals surface area contributed by atoms with E-state index in [9.17, 15) is 13.6 Å². The smallest absolute Gasteiger partial charge is 0.313 e. The van der Waals surface area contributed by atoms with Crippen LogP contribution in [0.4, 0.5) is 8.78 Å². The largest absolute Gasteiger partial charge is 0.316 e. The van der Waals surface area contributed by atoms with Crippen molar-refractivity contribution >= 4 is 5.78 Å². The third-order valence-corrected chi connectivity index (χ3v) is 3.59. The number of rotatable bonds is 0. The van der Waals surface area contributed by atoms with Gasteiger partial charge in [0.1, 0.15) is 0 Å². The second kappa shape index (κ2) is 3.60. The molecular weight excluding hydrogens is 224 g/mol. The van der Waals surface area contributed by atoms with Crippen molar-refractivity contribution in [2.24, 2.45) is 0 Å². The van der Waals surface area contributed by atoms with Crippen LogP contribution in [0, 0.1) is 0 Å².